The third-order valence-corrected chi connectivity index (χ3v) is 9.58. The summed E-state index contributed by atoms with van der Waals surface area (Å²) >= 11 is 1.17. The van der Waals surface area contributed by atoms with E-state index in [0.29, 0.717) is 47.4 Å². The molecule has 0 unspecified atom stereocenters. The molecular formula is C32H33F3N4O4S. The first-order valence-corrected chi connectivity index (χ1v) is 15.9. The van der Waals surface area contributed by atoms with Gasteiger partial charge in [-0.15, -0.1) is 11.3 Å². The van der Waals surface area contributed by atoms with Gasteiger partial charge in [-0.2, -0.15) is 13.2 Å². The zero-order valence-electron chi connectivity index (χ0n) is 24.1. The number of amides is 2. The van der Waals surface area contributed by atoms with Gasteiger partial charge < -0.3 is 5.11 Å². The molecule has 2 saturated carbocycles. The number of hydrogen-bond acceptors (Lipinski definition) is 6. The minimum atomic E-state index is -4.58. The van der Waals surface area contributed by atoms with E-state index in [4.69, 9.17) is 4.98 Å². The van der Waals surface area contributed by atoms with Crippen molar-refractivity contribution in [1.29, 1.82) is 0 Å². The summed E-state index contributed by atoms with van der Waals surface area (Å²) in [6.45, 7) is 0.572. The summed E-state index contributed by atoms with van der Waals surface area (Å²) < 4.78 is 41.5. The lowest BCUT2D eigenvalue weighted by Crippen LogP contribution is -2.39. The standard InChI is InChI=1S/C32H33F3N4O4S/c33-32(34,35)22-8-11-24(20-7-12-27(36-17-20)38-13-3-6-28(38)40)25(16-22)26-18-44-31(37-26)39(23-9-10-23)30(43)21(15-29(41)42)14-19-4-1-2-5-19/h7-8,11-12,16-19,21,23H,1-6,9-10,13-15H2,(H,41,42)/t21-/m1/s1. The Bertz CT molecular complexity index is 1550. The Morgan fingerprint density at radius 2 is 1.84 bits per heavy atom. The Hall–Kier alpha value is -3.80. The summed E-state index contributed by atoms with van der Waals surface area (Å²) in [7, 11) is 0. The van der Waals surface area contributed by atoms with Crippen LogP contribution in [0.3, 0.4) is 0 Å². The number of thiazole rings is 1. The van der Waals surface area contributed by atoms with Crippen molar-refractivity contribution in [3.63, 3.8) is 0 Å². The molecule has 1 aromatic carbocycles. The van der Waals surface area contributed by atoms with Gasteiger partial charge in [-0.25, -0.2) is 9.97 Å². The number of halogens is 3. The third kappa shape index (κ3) is 6.50. The number of hydrogen-bond donors (Lipinski definition) is 1. The van der Waals surface area contributed by atoms with Crippen LogP contribution in [-0.2, 0) is 20.6 Å². The number of rotatable bonds is 10. The molecule has 2 aromatic heterocycles. The third-order valence-electron chi connectivity index (χ3n) is 8.74. The van der Waals surface area contributed by atoms with E-state index in [9.17, 15) is 32.7 Å². The van der Waals surface area contributed by atoms with Crippen molar-refractivity contribution in [2.24, 2.45) is 11.8 Å². The Balaban J connectivity index is 1.33. The molecule has 2 aliphatic carbocycles. The van der Waals surface area contributed by atoms with Crippen LogP contribution in [0.15, 0.2) is 41.9 Å². The summed E-state index contributed by atoms with van der Waals surface area (Å²) in [6, 6.07) is 6.78. The number of carbonyl (C=O) groups is 3. The molecule has 0 spiro atoms. The molecule has 12 heteroatoms. The summed E-state index contributed by atoms with van der Waals surface area (Å²) in [5.41, 5.74) is 0.744. The van der Waals surface area contributed by atoms with Crippen molar-refractivity contribution >= 4 is 40.1 Å². The number of nitrogens with zero attached hydrogens (tertiary/aromatic N) is 4. The number of pyridine rings is 1. The summed E-state index contributed by atoms with van der Waals surface area (Å²) in [4.78, 5) is 50.1. The highest BCUT2D eigenvalue weighted by Gasteiger charge is 2.40. The van der Waals surface area contributed by atoms with Gasteiger partial charge in [0.2, 0.25) is 11.8 Å². The monoisotopic (exact) mass is 626 g/mol. The highest BCUT2D eigenvalue weighted by Crippen LogP contribution is 2.42. The number of carboxylic acids is 1. The normalized spacial score (nSPS) is 18.2. The largest absolute Gasteiger partial charge is 0.481 e. The maximum absolute atomic E-state index is 13.9. The maximum Gasteiger partial charge on any atom is 0.416 e. The van der Waals surface area contributed by atoms with Gasteiger partial charge in [0.05, 0.1) is 17.7 Å². The van der Waals surface area contributed by atoms with Crippen LogP contribution >= 0.6 is 11.3 Å². The highest BCUT2D eigenvalue weighted by molar-refractivity contribution is 7.14. The lowest BCUT2D eigenvalue weighted by molar-refractivity contribution is -0.141. The van der Waals surface area contributed by atoms with Gasteiger partial charge in [0.25, 0.3) is 0 Å². The van der Waals surface area contributed by atoms with Gasteiger partial charge >= 0.3 is 12.1 Å². The molecule has 1 atom stereocenters. The first-order chi connectivity index (χ1) is 21.1. The van der Waals surface area contributed by atoms with Crippen LogP contribution in [0.25, 0.3) is 22.4 Å². The number of anilines is 2. The number of aromatic nitrogens is 2. The second kappa shape index (κ2) is 12.3. The molecule has 3 aromatic rings. The molecule has 0 radical (unpaired) electrons. The summed E-state index contributed by atoms with van der Waals surface area (Å²) in [5.74, 6) is -1.19. The van der Waals surface area contributed by atoms with E-state index >= 15 is 0 Å². The number of aliphatic carboxylic acids is 1. The molecule has 44 heavy (non-hydrogen) atoms. The first kappa shape index (κ1) is 30.2. The smallest absolute Gasteiger partial charge is 0.416 e. The molecule has 1 saturated heterocycles. The minimum absolute atomic E-state index is 0.0147. The van der Waals surface area contributed by atoms with Crippen LogP contribution in [0.5, 0.6) is 0 Å². The highest BCUT2D eigenvalue weighted by atomic mass is 32.1. The molecular weight excluding hydrogens is 593 g/mol. The van der Waals surface area contributed by atoms with Crippen molar-refractivity contribution in [1.82, 2.24) is 9.97 Å². The van der Waals surface area contributed by atoms with Gasteiger partial charge in [0, 0.05) is 47.6 Å². The van der Waals surface area contributed by atoms with E-state index in [1.54, 1.807) is 33.5 Å². The molecule has 6 rings (SSSR count). The maximum atomic E-state index is 13.9. The minimum Gasteiger partial charge on any atom is -0.481 e. The van der Waals surface area contributed by atoms with Crippen LogP contribution < -0.4 is 9.80 Å². The summed E-state index contributed by atoms with van der Waals surface area (Å²) in [5, 5.41) is 11.6. The predicted octanol–water partition coefficient (Wildman–Crippen LogP) is 7.18. The van der Waals surface area contributed by atoms with Gasteiger partial charge in [-0.3, -0.25) is 24.2 Å². The second-order valence-corrected chi connectivity index (χ2v) is 12.8. The van der Waals surface area contributed by atoms with E-state index < -0.39 is 23.6 Å². The summed E-state index contributed by atoms with van der Waals surface area (Å²) in [6.07, 6.45) is 4.05. The molecule has 2 amide bonds. The van der Waals surface area contributed by atoms with Gasteiger partial charge in [-0.05, 0) is 61.4 Å². The second-order valence-electron chi connectivity index (χ2n) is 11.9. The number of alkyl halides is 3. The van der Waals surface area contributed by atoms with Gasteiger partial charge in [-0.1, -0.05) is 31.7 Å². The van der Waals surface area contributed by atoms with Crippen LogP contribution in [0, 0.1) is 11.8 Å². The fraction of sp³-hybridized carbons (Fsp3) is 0.469. The number of carbonyl (C=O) groups excluding carboxylic acids is 2. The molecule has 8 nitrogen and oxygen atoms in total. The topological polar surface area (TPSA) is 104 Å². The molecule has 1 N–H and O–H groups in total. The first-order valence-electron chi connectivity index (χ1n) is 15.1. The van der Waals surface area contributed by atoms with Crippen molar-refractivity contribution < 1.29 is 32.7 Å². The quantitative estimate of drug-likeness (QED) is 0.256. The molecule has 3 heterocycles. The van der Waals surface area contributed by atoms with Crippen LogP contribution in [0.4, 0.5) is 24.1 Å². The Morgan fingerprint density at radius 1 is 1.07 bits per heavy atom. The van der Waals surface area contributed by atoms with E-state index in [0.717, 1.165) is 57.1 Å². The lowest BCUT2D eigenvalue weighted by Gasteiger charge is -2.26. The van der Waals surface area contributed by atoms with E-state index in [1.165, 1.54) is 17.4 Å². The zero-order valence-corrected chi connectivity index (χ0v) is 24.9. The lowest BCUT2D eigenvalue weighted by atomic mass is 9.90. The number of carboxylic acid groups (broad SMARTS) is 1. The Morgan fingerprint density at radius 3 is 2.45 bits per heavy atom. The van der Waals surface area contributed by atoms with Crippen molar-refractivity contribution in [2.45, 2.75) is 76.4 Å². The van der Waals surface area contributed by atoms with E-state index in [1.807, 2.05) is 0 Å². The number of benzene rings is 1. The van der Waals surface area contributed by atoms with Crippen LogP contribution in [0.2, 0.25) is 0 Å². The van der Waals surface area contributed by atoms with Crippen LogP contribution in [0.1, 0.15) is 69.8 Å². The molecule has 1 aliphatic heterocycles. The molecule has 232 valence electrons. The Labute approximate surface area is 256 Å². The van der Waals surface area contributed by atoms with Crippen molar-refractivity contribution in [3.8, 4) is 22.4 Å². The van der Waals surface area contributed by atoms with E-state index in [2.05, 4.69) is 4.98 Å². The van der Waals surface area contributed by atoms with Gasteiger partial charge in [0.15, 0.2) is 5.13 Å². The average Bonchev–Trinajstić information content (AvgIpc) is 3.33. The fourth-order valence-electron chi connectivity index (χ4n) is 6.37. The van der Waals surface area contributed by atoms with E-state index in [-0.39, 0.29) is 35.5 Å². The van der Waals surface area contributed by atoms with Crippen molar-refractivity contribution in [2.75, 3.05) is 16.3 Å². The predicted molar refractivity (Wildman–Crippen MR) is 160 cm³/mol. The Kier molecular flexibility index (Phi) is 8.45. The van der Waals surface area contributed by atoms with Gasteiger partial charge in [0.1, 0.15) is 5.82 Å². The van der Waals surface area contributed by atoms with Crippen molar-refractivity contribution in [3.05, 3.63) is 47.5 Å². The molecule has 3 aliphatic rings. The zero-order chi connectivity index (χ0) is 31.0. The molecule has 3 fully saturated rings. The van der Waals surface area contributed by atoms with Crippen LogP contribution in [-0.4, -0.2) is 45.4 Å². The fourth-order valence-corrected chi connectivity index (χ4v) is 7.27. The molecule has 0 bridgehead atoms. The average molecular weight is 627 g/mol. The SMILES string of the molecule is O=C(O)C[C@@H](CC1CCCC1)C(=O)N(c1nc(-c2cc(C(F)(F)F)ccc2-c2ccc(N3CCCC3=O)nc2)cs1)C1CC1.